The first-order chi connectivity index (χ1) is 20.6. The van der Waals surface area contributed by atoms with Gasteiger partial charge < -0.3 is 10.8 Å². The molecular weight excluding hydrogens is 933 g/mol. The molecule has 0 amide bonds. The van der Waals surface area contributed by atoms with Gasteiger partial charge in [0.05, 0.1) is 48.1 Å². The molecule has 8 heterocycles. The second kappa shape index (κ2) is 21.3. The van der Waals surface area contributed by atoms with Gasteiger partial charge in [-0.25, -0.2) is 0 Å². The maximum atomic E-state index is 7.13. The summed E-state index contributed by atoms with van der Waals surface area (Å²) in [6.07, 6.45) is 0. The summed E-state index contributed by atoms with van der Waals surface area (Å²) in [7, 11) is 0. The van der Waals surface area contributed by atoms with E-state index in [1.807, 2.05) is 188 Å². The van der Waals surface area contributed by atoms with Crippen LogP contribution in [0.4, 0.5) is 0 Å². The zero-order chi connectivity index (χ0) is 29.3. The Morgan fingerprint density at radius 3 is 1.05 bits per heavy atom. The van der Waals surface area contributed by atoms with Crippen molar-refractivity contribution in [1.82, 2.24) is 0 Å². The SMILES string of the molecule is C1=[S+]C2=C(SC1)SC(=C1SC3=C(SCCS3)S1)S2.C1CSC2=C(S1)SC(=C1SC3=C(SCCS3)S1)S2.[Cu+].[N-]=C=S.[N-]=C=S. The van der Waals surface area contributed by atoms with Gasteiger partial charge in [-0.3, -0.25) is 0 Å². The van der Waals surface area contributed by atoms with Crippen LogP contribution in [0.15, 0.2) is 50.8 Å². The molecule has 0 aromatic rings. The largest absolute Gasteiger partial charge is 1.00 e. The predicted octanol–water partition coefficient (Wildman–Crippen LogP) is 13.0. The van der Waals surface area contributed by atoms with E-state index in [-0.39, 0.29) is 17.1 Å². The van der Waals surface area contributed by atoms with Crippen molar-refractivity contribution in [2.75, 3.05) is 40.3 Å². The third kappa shape index (κ3) is 11.4. The first-order valence-corrected chi connectivity index (χ1v) is 26.5. The van der Waals surface area contributed by atoms with E-state index in [1.165, 1.54) is 70.3 Å². The minimum absolute atomic E-state index is 0. The zero-order valence-electron chi connectivity index (χ0n) is 21.1. The van der Waals surface area contributed by atoms with Crippen molar-refractivity contribution >= 4 is 228 Å². The summed E-state index contributed by atoms with van der Waals surface area (Å²) in [4.78, 5) is 0. The van der Waals surface area contributed by atoms with E-state index < -0.39 is 0 Å². The number of nitrogens with zero attached hydrogens (tertiary/aromatic N) is 2. The van der Waals surface area contributed by atoms with Gasteiger partial charge in [0.2, 0.25) is 11.4 Å². The third-order valence-electron chi connectivity index (χ3n) is 4.60. The second-order valence-corrected chi connectivity index (χ2v) is 27.4. The Bertz CT molecular complexity index is 1280. The molecule has 232 valence electrons. The fourth-order valence-corrected chi connectivity index (χ4v) is 27.1. The zero-order valence-corrected chi connectivity index (χ0v) is 36.7. The number of thioether (sulfide) groups is 15. The molecule has 2 nitrogen and oxygen atoms in total. The van der Waals surface area contributed by atoms with Gasteiger partial charge in [-0.15, -0.1) is 82.3 Å². The summed E-state index contributed by atoms with van der Waals surface area (Å²) < 4.78 is 18.5. The van der Waals surface area contributed by atoms with Crippen LogP contribution in [0, 0.1) is 0 Å². The fourth-order valence-electron chi connectivity index (χ4n) is 3.14. The van der Waals surface area contributed by atoms with Gasteiger partial charge in [-0.1, -0.05) is 107 Å². The molecule has 0 aromatic heterocycles. The summed E-state index contributed by atoms with van der Waals surface area (Å²) in [5.41, 5.74) is 0. The molecule has 21 heteroatoms. The Labute approximate surface area is 341 Å². The molecule has 0 saturated heterocycles. The molecule has 0 N–H and O–H groups in total. The van der Waals surface area contributed by atoms with Crippen LogP contribution < -0.4 is 0 Å². The van der Waals surface area contributed by atoms with E-state index in [0.717, 1.165) is 5.75 Å². The molecule has 43 heavy (non-hydrogen) atoms. The minimum atomic E-state index is 0. The molecule has 0 aromatic carbocycles. The molecule has 8 aliphatic rings. The first-order valence-electron chi connectivity index (χ1n) is 11.4. The van der Waals surface area contributed by atoms with Crippen LogP contribution in [-0.4, -0.2) is 56.0 Å². The van der Waals surface area contributed by atoms with E-state index in [2.05, 4.69) is 29.8 Å². The van der Waals surface area contributed by atoms with E-state index >= 15 is 0 Å². The number of hydrogen-bond donors (Lipinski definition) is 0. The first kappa shape index (κ1) is 39.7. The van der Waals surface area contributed by atoms with Crippen molar-refractivity contribution in [2.24, 2.45) is 0 Å². The standard InChI is InChI=1S/C10H8S8.C10H7S8.2CNS.Cu/c2*1-2-12-6-5(11-1)15-9(16-6)10-17-7-8(18-10)14-4-3-13-7;2*2-1-3;/h1-4H2;1H,2-4H2;;;/q;+1;2*-1;+1. The topological polar surface area (TPSA) is 44.6 Å². The summed E-state index contributed by atoms with van der Waals surface area (Å²) in [5, 5.41) is 19.2. The molecule has 0 saturated carbocycles. The Morgan fingerprint density at radius 1 is 0.465 bits per heavy atom. The van der Waals surface area contributed by atoms with Gasteiger partial charge >= 0.3 is 17.1 Å². The van der Waals surface area contributed by atoms with Crippen molar-refractivity contribution in [3.63, 3.8) is 0 Å². The summed E-state index contributed by atoms with van der Waals surface area (Å²) >= 11 is 39.6. The summed E-state index contributed by atoms with van der Waals surface area (Å²) in [5.74, 6) is 8.81. The van der Waals surface area contributed by atoms with E-state index in [0.29, 0.717) is 0 Å². The number of rotatable bonds is 0. The Hall–Kier alpha value is 3.90. The number of isothiocyanates is 2. The molecule has 0 bridgehead atoms. The van der Waals surface area contributed by atoms with Crippen LogP contribution in [-0.2, 0) is 28.4 Å². The Kier molecular flexibility index (Phi) is 19.7. The van der Waals surface area contributed by atoms with Gasteiger partial charge in [-0.05, 0) is 11.8 Å². The van der Waals surface area contributed by atoms with Crippen molar-refractivity contribution in [2.45, 2.75) is 0 Å². The smallest absolute Gasteiger partial charge is 0.753 e. The Morgan fingerprint density at radius 2 is 0.744 bits per heavy atom. The van der Waals surface area contributed by atoms with Crippen molar-refractivity contribution < 1.29 is 17.1 Å². The van der Waals surface area contributed by atoms with Crippen molar-refractivity contribution in [3.8, 4) is 0 Å². The Balaban J connectivity index is 0.000000164. The van der Waals surface area contributed by atoms with Gasteiger partial charge in [0.25, 0.3) is 4.24 Å². The van der Waals surface area contributed by atoms with Crippen LogP contribution in [0.2, 0.25) is 0 Å². The monoisotopic (exact) mass is 946 g/mol. The maximum Gasteiger partial charge on any atom is 1.00 e. The van der Waals surface area contributed by atoms with Gasteiger partial charge in [0.1, 0.15) is 4.24 Å². The van der Waals surface area contributed by atoms with Crippen molar-refractivity contribution in [1.29, 1.82) is 0 Å². The predicted molar refractivity (Wildman–Crippen MR) is 235 cm³/mol. The normalized spacial score (nSPS) is 23.4. The molecule has 0 fully saturated rings. The summed E-state index contributed by atoms with van der Waals surface area (Å²) in [6, 6.07) is 0. The number of hydrogen-bond acceptors (Lipinski definition) is 17. The van der Waals surface area contributed by atoms with Crippen LogP contribution in [0.25, 0.3) is 10.8 Å². The molecule has 0 aliphatic carbocycles. The molecular formula is C22H15CuN2S18. The molecule has 8 rings (SSSR count). The van der Waals surface area contributed by atoms with Crippen molar-refractivity contribution in [3.05, 3.63) is 61.7 Å². The second-order valence-electron chi connectivity index (χ2n) is 7.13. The molecule has 0 atom stereocenters. The average Bonchev–Trinajstić information content (AvgIpc) is 3.81. The van der Waals surface area contributed by atoms with Gasteiger partial charge in [0.15, 0.2) is 5.37 Å². The molecule has 8 aliphatic heterocycles. The molecule has 0 spiro atoms. The van der Waals surface area contributed by atoms with Crippen LogP contribution in [0.1, 0.15) is 0 Å². The van der Waals surface area contributed by atoms with E-state index in [4.69, 9.17) is 10.8 Å². The van der Waals surface area contributed by atoms with Crippen LogP contribution >= 0.6 is 201 Å². The third-order valence-corrected chi connectivity index (χ3v) is 28.5. The minimum Gasteiger partial charge on any atom is -0.753 e. The van der Waals surface area contributed by atoms with E-state index in [1.54, 1.807) is 25.4 Å². The summed E-state index contributed by atoms with van der Waals surface area (Å²) in [6.45, 7) is 0. The molecule has 0 radical (unpaired) electrons. The average molecular weight is 948 g/mol. The van der Waals surface area contributed by atoms with E-state index in [9.17, 15) is 0 Å². The molecule has 0 unspecified atom stereocenters. The van der Waals surface area contributed by atoms with Crippen LogP contribution in [0.5, 0.6) is 0 Å². The fraction of sp³-hybridized carbons (Fsp3) is 0.318. The van der Waals surface area contributed by atoms with Gasteiger partial charge in [-0.2, -0.15) is 10.3 Å². The van der Waals surface area contributed by atoms with Gasteiger partial charge in [0, 0.05) is 34.5 Å². The number of thiocarbonyl (C=S) groups is 2. The maximum absolute atomic E-state index is 7.13. The quantitative estimate of drug-likeness (QED) is 0.100. The van der Waals surface area contributed by atoms with Crippen LogP contribution in [0.3, 0.4) is 0 Å².